The second-order valence-corrected chi connectivity index (χ2v) is 11.3. The topological polar surface area (TPSA) is 22.1 Å². The van der Waals surface area contributed by atoms with Crippen molar-refractivity contribution >= 4 is 0 Å². The van der Waals surface area contributed by atoms with Crippen molar-refractivity contribution in [2.45, 2.75) is 85.5 Å². The van der Waals surface area contributed by atoms with Crippen molar-refractivity contribution in [3.8, 4) is 0 Å². The molecule has 2 aromatic rings. The van der Waals surface area contributed by atoms with Crippen molar-refractivity contribution in [1.29, 1.82) is 0 Å². The van der Waals surface area contributed by atoms with Gasteiger partial charge in [0.25, 0.3) is 0 Å². The molecule has 0 bridgehead atoms. The van der Waals surface area contributed by atoms with E-state index in [1.165, 1.54) is 16.7 Å². The summed E-state index contributed by atoms with van der Waals surface area (Å²) in [6.07, 6.45) is 5.23. The van der Waals surface area contributed by atoms with Crippen molar-refractivity contribution in [2.24, 2.45) is 11.3 Å². The van der Waals surface area contributed by atoms with Crippen LogP contribution in [0.1, 0.15) is 84.2 Å². The molecule has 1 unspecified atom stereocenters. The highest BCUT2D eigenvalue weighted by atomic mass is 16.5. The average Bonchev–Trinajstić information content (AvgIpc) is 2.65. The van der Waals surface area contributed by atoms with Crippen LogP contribution >= 0.6 is 0 Å². The first kappa shape index (κ1) is 24.6. The average molecular weight is 410 g/mol. The first-order chi connectivity index (χ1) is 13.9. The molecular weight excluding hydrogens is 366 g/mol. The molecule has 2 heteroatoms. The molecular formula is C28H43NO. The normalized spacial score (nSPS) is 14.0. The van der Waals surface area contributed by atoms with Gasteiger partial charge >= 0.3 is 0 Å². The van der Waals surface area contributed by atoms with Gasteiger partial charge < -0.3 is 4.74 Å². The summed E-state index contributed by atoms with van der Waals surface area (Å²) in [4.78, 5) is 4.89. The molecule has 1 aromatic carbocycles. The minimum atomic E-state index is -0.000693. The third-order valence-electron chi connectivity index (χ3n) is 6.61. The van der Waals surface area contributed by atoms with E-state index >= 15 is 0 Å². The number of methoxy groups -OCH3 is 1. The molecule has 1 heterocycles. The Balaban J connectivity index is 2.10. The number of ether oxygens (including phenoxy) is 1. The van der Waals surface area contributed by atoms with E-state index in [4.69, 9.17) is 9.72 Å². The van der Waals surface area contributed by atoms with Crippen LogP contribution < -0.4 is 0 Å². The molecule has 2 nitrogen and oxygen atoms in total. The van der Waals surface area contributed by atoms with E-state index < -0.39 is 0 Å². The Morgan fingerprint density at radius 1 is 0.833 bits per heavy atom. The smallest absolute Gasteiger partial charge is 0.0495 e. The van der Waals surface area contributed by atoms with Crippen LogP contribution in [0.15, 0.2) is 42.6 Å². The summed E-state index contributed by atoms with van der Waals surface area (Å²) in [5, 5.41) is 0. The standard InChI is InChI=1S/C28H43NO/c1-10-23(20-30-9)27(5,6)18-22-13-16-25(29-19-22)28(7,8)17-21-11-14-24(15-12-21)26(2,3)4/h11-16,19,23H,10,17-18,20H2,1-9H3. The second-order valence-electron chi connectivity index (χ2n) is 11.3. The van der Waals surface area contributed by atoms with Crippen molar-refractivity contribution in [1.82, 2.24) is 4.98 Å². The second kappa shape index (κ2) is 9.64. The zero-order valence-corrected chi connectivity index (χ0v) is 20.8. The molecule has 2 rings (SSSR count). The molecule has 1 atom stereocenters. The van der Waals surface area contributed by atoms with E-state index in [9.17, 15) is 0 Å². The van der Waals surface area contributed by atoms with E-state index in [2.05, 4.69) is 98.0 Å². The van der Waals surface area contributed by atoms with Crippen molar-refractivity contribution in [3.63, 3.8) is 0 Å². The van der Waals surface area contributed by atoms with Gasteiger partial charge in [0.15, 0.2) is 0 Å². The molecule has 0 radical (unpaired) electrons. The van der Waals surface area contributed by atoms with Gasteiger partial charge in [0.05, 0.1) is 0 Å². The van der Waals surface area contributed by atoms with Crippen LogP contribution in [0.2, 0.25) is 0 Å². The Hall–Kier alpha value is -1.67. The summed E-state index contributed by atoms with van der Waals surface area (Å²) in [6, 6.07) is 13.6. The number of benzene rings is 1. The maximum Gasteiger partial charge on any atom is 0.0495 e. The van der Waals surface area contributed by atoms with Crippen LogP contribution in [-0.2, 0) is 28.4 Å². The van der Waals surface area contributed by atoms with E-state index in [1.54, 1.807) is 7.11 Å². The highest BCUT2D eigenvalue weighted by Crippen LogP contribution is 2.34. The van der Waals surface area contributed by atoms with Gasteiger partial charge in [0.1, 0.15) is 0 Å². The van der Waals surface area contributed by atoms with Crippen LogP contribution in [0.3, 0.4) is 0 Å². The number of hydrogen-bond acceptors (Lipinski definition) is 2. The molecule has 0 amide bonds. The number of rotatable bonds is 9. The summed E-state index contributed by atoms with van der Waals surface area (Å²) in [5.41, 5.74) is 5.60. The van der Waals surface area contributed by atoms with Crippen LogP contribution in [0.5, 0.6) is 0 Å². The molecule has 30 heavy (non-hydrogen) atoms. The summed E-state index contributed by atoms with van der Waals surface area (Å²) >= 11 is 0. The fourth-order valence-corrected chi connectivity index (χ4v) is 4.42. The van der Waals surface area contributed by atoms with Gasteiger partial charge in [-0.25, -0.2) is 0 Å². The van der Waals surface area contributed by atoms with E-state index in [0.29, 0.717) is 5.92 Å². The monoisotopic (exact) mass is 409 g/mol. The summed E-state index contributed by atoms with van der Waals surface area (Å²) in [5.74, 6) is 0.551. The van der Waals surface area contributed by atoms with Crippen LogP contribution in [0, 0.1) is 11.3 Å². The Morgan fingerprint density at radius 2 is 1.43 bits per heavy atom. The minimum absolute atomic E-state index is 0.000693. The Kier molecular flexibility index (Phi) is 7.91. The molecule has 166 valence electrons. The third kappa shape index (κ3) is 6.41. The molecule has 1 aromatic heterocycles. The van der Waals surface area contributed by atoms with Gasteiger partial charge in [-0.05, 0) is 52.3 Å². The van der Waals surface area contributed by atoms with Gasteiger partial charge in [-0.3, -0.25) is 4.98 Å². The Bertz CT molecular complexity index is 779. The predicted molar refractivity (Wildman–Crippen MR) is 129 cm³/mol. The molecule has 0 saturated carbocycles. The lowest BCUT2D eigenvalue weighted by Crippen LogP contribution is -2.29. The van der Waals surface area contributed by atoms with Gasteiger partial charge in [-0.1, -0.05) is 92.1 Å². The summed E-state index contributed by atoms with van der Waals surface area (Å²) < 4.78 is 5.45. The Labute approximate surface area is 185 Å². The lowest BCUT2D eigenvalue weighted by Gasteiger charge is -2.33. The maximum atomic E-state index is 5.45. The molecule has 0 saturated heterocycles. The molecule has 0 aliphatic heterocycles. The van der Waals surface area contributed by atoms with Crippen LogP contribution in [0.25, 0.3) is 0 Å². The van der Waals surface area contributed by atoms with Crippen LogP contribution in [0.4, 0.5) is 0 Å². The van der Waals surface area contributed by atoms with E-state index in [0.717, 1.165) is 31.6 Å². The number of aromatic nitrogens is 1. The van der Waals surface area contributed by atoms with Gasteiger partial charge in [-0.15, -0.1) is 0 Å². The fourth-order valence-electron chi connectivity index (χ4n) is 4.42. The number of pyridine rings is 1. The fraction of sp³-hybridized carbons (Fsp3) is 0.607. The summed E-state index contributed by atoms with van der Waals surface area (Å²) in [6.45, 7) is 19.1. The Morgan fingerprint density at radius 3 is 1.90 bits per heavy atom. The highest BCUT2D eigenvalue weighted by molar-refractivity contribution is 5.30. The first-order valence-corrected chi connectivity index (χ1v) is 11.4. The van der Waals surface area contributed by atoms with Gasteiger partial charge in [-0.2, -0.15) is 0 Å². The maximum absolute atomic E-state index is 5.45. The SMILES string of the molecule is CCC(COC)C(C)(C)Cc1ccc(C(C)(C)Cc2ccc(C(C)(C)C)cc2)nc1. The molecule has 0 N–H and O–H groups in total. The third-order valence-corrected chi connectivity index (χ3v) is 6.61. The lowest BCUT2D eigenvalue weighted by atomic mass is 9.73. The minimum Gasteiger partial charge on any atom is -0.384 e. The zero-order valence-electron chi connectivity index (χ0n) is 20.8. The number of hydrogen-bond donors (Lipinski definition) is 0. The van der Waals surface area contributed by atoms with Gasteiger partial charge in [0, 0.05) is 31.0 Å². The molecule has 0 aliphatic rings. The van der Waals surface area contributed by atoms with E-state index in [1.807, 2.05) is 0 Å². The van der Waals surface area contributed by atoms with Crippen LogP contribution in [-0.4, -0.2) is 18.7 Å². The number of nitrogens with zero attached hydrogens (tertiary/aromatic N) is 1. The zero-order chi connectivity index (χ0) is 22.6. The largest absolute Gasteiger partial charge is 0.384 e. The lowest BCUT2D eigenvalue weighted by molar-refractivity contribution is 0.0776. The summed E-state index contributed by atoms with van der Waals surface area (Å²) in [7, 11) is 1.80. The molecule has 0 spiro atoms. The predicted octanol–water partition coefficient (Wildman–Crippen LogP) is 7.14. The highest BCUT2D eigenvalue weighted by Gasteiger charge is 2.29. The van der Waals surface area contributed by atoms with Crippen molar-refractivity contribution < 1.29 is 4.74 Å². The van der Waals surface area contributed by atoms with E-state index in [-0.39, 0.29) is 16.2 Å². The van der Waals surface area contributed by atoms with Gasteiger partial charge in [0.2, 0.25) is 0 Å². The molecule has 0 aliphatic carbocycles. The first-order valence-electron chi connectivity index (χ1n) is 11.4. The molecule has 0 fully saturated rings. The van der Waals surface area contributed by atoms with Crippen molar-refractivity contribution in [3.05, 3.63) is 65.0 Å². The quantitative estimate of drug-likeness (QED) is 0.439. The van der Waals surface area contributed by atoms with Crippen molar-refractivity contribution in [2.75, 3.05) is 13.7 Å².